The molecule has 1 atom stereocenters. The number of methoxy groups -OCH3 is 1. The Bertz CT molecular complexity index is 200. The van der Waals surface area contributed by atoms with Gasteiger partial charge in [0.2, 0.25) is 0 Å². The number of carbonyl (C=O) groups is 1. The van der Waals surface area contributed by atoms with Crippen molar-refractivity contribution in [3.63, 3.8) is 0 Å². The van der Waals surface area contributed by atoms with Gasteiger partial charge in [-0.25, -0.2) is 9.79 Å². The van der Waals surface area contributed by atoms with Crippen molar-refractivity contribution in [3.8, 4) is 0 Å². The molecular weight excluding hydrogens is 158 g/mol. The van der Waals surface area contributed by atoms with Crippen LogP contribution in [0, 0.1) is 0 Å². The van der Waals surface area contributed by atoms with Crippen molar-refractivity contribution in [2.45, 2.75) is 25.8 Å². The fourth-order valence-corrected chi connectivity index (χ4v) is 1.15. The van der Waals surface area contributed by atoms with E-state index < -0.39 is 0 Å². The minimum atomic E-state index is -0.337. The first-order valence-electron chi connectivity index (χ1n) is 4.05. The van der Waals surface area contributed by atoms with Gasteiger partial charge in [-0.3, -0.25) is 0 Å². The van der Waals surface area contributed by atoms with E-state index in [1.165, 1.54) is 7.11 Å². The number of hydrogen-bond donors (Lipinski definition) is 0. The zero-order chi connectivity index (χ0) is 8.97. The maximum atomic E-state index is 11.0. The van der Waals surface area contributed by atoms with Crippen molar-refractivity contribution in [2.75, 3.05) is 13.7 Å². The molecule has 4 heteroatoms. The molecule has 1 aliphatic heterocycles. The summed E-state index contributed by atoms with van der Waals surface area (Å²) >= 11 is 0. The van der Waals surface area contributed by atoms with Crippen LogP contribution in [0.3, 0.4) is 0 Å². The van der Waals surface area contributed by atoms with Gasteiger partial charge < -0.3 is 9.47 Å². The third kappa shape index (κ3) is 1.96. The van der Waals surface area contributed by atoms with Crippen LogP contribution < -0.4 is 0 Å². The summed E-state index contributed by atoms with van der Waals surface area (Å²) in [5.41, 5.74) is 0. The lowest BCUT2D eigenvalue weighted by molar-refractivity contribution is -0.141. The van der Waals surface area contributed by atoms with Gasteiger partial charge in [-0.15, -0.1) is 0 Å². The summed E-state index contributed by atoms with van der Waals surface area (Å²) in [4.78, 5) is 15.0. The molecule has 68 valence electrons. The van der Waals surface area contributed by atoms with Gasteiger partial charge in [0.05, 0.1) is 13.7 Å². The second-order valence-corrected chi connectivity index (χ2v) is 2.53. The molecule has 4 nitrogen and oxygen atoms in total. The smallest absolute Gasteiger partial charge is 0.330 e. The summed E-state index contributed by atoms with van der Waals surface area (Å²) in [7, 11) is 1.37. The highest BCUT2D eigenvalue weighted by atomic mass is 16.5. The van der Waals surface area contributed by atoms with Crippen molar-refractivity contribution in [1.29, 1.82) is 0 Å². The lowest BCUT2D eigenvalue weighted by Gasteiger charge is -2.01. The van der Waals surface area contributed by atoms with E-state index in [9.17, 15) is 4.79 Å². The Morgan fingerprint density at radius 2 is 2.50 bits per heavy atom. The van der Waals surface area contributed by atoms with Gasteiger partial charge in [-0.1, -0.05) is 0 Å². The van der Waals surface area contributed by atoms with Crippen molar-refractivity contribution in [3.05, 3.63) is 0 Å². The van der Waals surface area contributed by atoms with Crippen LogP contribution in [0.25, 0.3) is 0 Å². The molecule has 0 aliphatic carbocycles. The molecule has 1 aliphatic rings. The first kappa shape index (κ1) is 9.03. The summed E-state index contributed by atoms with van der Waals surface area (Å²) in [5, 5.41) is 0. The fourth-order valence-electron chi connectivity index (χ4n) is 1.15. The van der Waals surface area contributed by atoms with Crippen LogP contribution in [0.1, 0.15) is 19.8 Å². The summed E-state index contributed by atoms with van der Waals surface area (Å²) in [6.45, 7) is 2.50. The Kier molecular flexibility index (Phi) is 3.08. The third-order valence-corrected chi connectivity index (χ3v) is 1.72. The lowest BCUT2D eigenvalue weighted by Crippen LogP contribution is -2.16. The minimum absolute atomic E-state index is 0.273. The molecule has 0 saturated heterocycles. The van der Waals surface area contributed by atoms with Gasteiger partial charge in [-0.05, 0) is 13.3 Å². The molecule has 0 saturated carbocycles. The van der Waals surface area contributed by atoms with E-state index in [0.717, 1.165) is 6.42 Å². The number of rotatable bonds is 2. The molecule has 0 radical (unpaired) electrons. The molecule has 0 bridgehead atoms. The van der Waals surface area contributed by atoms with Crippen LogP contribution >= 0.6 is 0 Å². The predicted molar refractivity (Wildman–Crippen MR) is 44.1 cm³/mol. The molecule has 1 rings (SSSR count). The van der Waals surface area contributed by atoms with Gasteiger partial charge in [0.1, 0.15) is 0 Å². The monoisotopic (exact) mass is 171 g/mol. The zero-order valence-electron chi connectivity index (χ0n) is 7.37. The van der Waals surface area contributed by atoms with Crippen LogP contribution in [0.2, 0.25) is 0 Å². The van der Waals surface area contributed by atoms with E-state index in [-0.39, 0.29) is 12.0 Å². The van der Waals surface area contributed by atoms with Gasteiger partial charge >= 0.3 is 5.97 Å². The highest BCUT2D eigenvalue weighted by molar-refractivity contribution is 5.86. The van der Waals surface area contributed by atoms with Crippen molar-refractivity contribution < 1.29 is 14.3 Å². The average Bonchev–Trinajstić information content (AvgIpc) is 2.52. The second-order valence-electron chi connectivity index (χ2n) is 2.53. The molecule has 0 spiro atoms. The molecule has 0 aromatic heterocycles. The van der Waals surface area contributed by atoms with E-state index in [1.807, 2.05) is 6.92 Å². The van der Waals surface area contributed by atoms with Gasteiger partial charge in [0.15, 0.2) is 11.9 Å². The summed E-state index contributed by atoms with van der Waals surface area (Å²) in [6.07, 6.45) is 1.45. The quantitative estimate of drug-likeness (QED) is 0.576. The molecule has 0 aromatic carbocycles. The van der Waals surface area contributed by atoms with Crippen LogP contribution in [-0.4, -0.2) is 31.6 Å². The molecule has 1 heterocycles. The van der Waals surface area contributed by atoms with Gasteiger partial charge in [-0.2, -0.15) is 0 Å². The Morgan fingerprint density at radius 1 is 1.75 bits per heavy atom. The molecule has 0 N–H and O–H groups in total. The number of hydrogen-bond acceptors (Lipinski definition) is 4. The third-order valence-electron chi connectivity index (χ3n) is 1.72. The highest BCUT2D eigenvalue weighted by Gasteiger charge is 2.25. The first-order valence-corrected chi connectivity index (χ1v) is 4.05. The Labute approximate surface area is 71.6 Å². The molecule has 0 aromatic rings. The maximum Gasteiger partial charge on any atom is 0.330 e. The van der Waals surface area contributed by atoms with Crippen LogP contribution in [0.15, 0.2) is 4.99 Å². The van der Waals surface area contributed by atoms with Crippen molar-refractivity contribution in [1.82, 2.24) is 0 Å². The number of nitrogens with zero attached hydrogens (tertiary/aromatic N) is 1. The zero-order valence-corrected chi connectivity index (χ0v) is 7.37. The van der Waals surface area contributed by atoms with E-state index >= 15 is 0 Å². The average molecular weight is 171 g/mol. The van der Waals surface area contributed by atoms with Crippen LogP contribution in [0.4, 0.5) is 0 Å². The van der Waals surface area contributed by atoms with Gasteiger partial charge in [0.25, 0.3) is 0 Å². The fraction of sp³-hybridized carbons (Fsp3) is 0.750. The summed E-state index contributed by atoms with van der Waals surface area (Å²) in [6, 6.07) is -0.337. The summed E-state index contributed by atoms with van der Waals surface area (Å²) < 4.78 is 9.73. The van der Waals surface area contributed by atoms with Crippen molar-refractivity contribution >= 4 is 11.9 Å². The normalized spacial score (nSPS) is 21.8. The van der Waals surface area contributed by atoms with Crippen LogP contribution in [-0.2, 0) is 14.3 Å². The first-order chi connectivity index (χ1) is 5.77. The molecule has 0 amide bonds. The largest absolute Gasteiger partial charge is 0.481 e. The Hall–Kier alpha value is -1.06. The number of esters is 1. The van der Waals surface area contributed by atoms with E-state index in [0.29, 0.717) is 18.9 Å². The number of ether oxygens (including phenoxy) is 2. The van der Waals surface area contributed by atoms with E-state index in [1.54, 1.807) is 0 Å². The molecule has 0 unspecified atom stereocenters. The second kappa shape index (κ2) is 4.09. The molecular formula is C8H13NO3. The summed E-state index contributed by atoms with van der Waals surface area (Å²) in [5.74, 6) is 0.401. The minimum Gasteiger partial charge on any atom is -0.481 e. The van der Waals surface area contributed by atoms with Crippen molar-refractivity contribution in [2.24, 2.45) is 4.99 Å². The standard InChI is InChI=1S/C8H13NO3/c1-3-12-7-5-4-6(9-7)8(10)11-2/h6H,3-5H2,1-2H3/t6-/m1/s1. The SMILES string of the molecule is CCOC1=N[C@@H](C(=O)OC)CC1. The topological polar surface area (TPSA) is 47.9 Å². The van der Waals surface area contributed by atoms with Crippen LogP contribution in [0.5, 0.6) is 0 Å². The Morgan fingerprint density at radius 3 is 3.08 bits per heavy atom. The molecule has 0 fully saturated rings. The number of aliphatic imine (C=N–C) groups is 1. The predicted octanol–water partition coefficient (Wildman–Crippen LogP) is 0.757. The highest BCUT2D eigenvalue weighted by Crippen LogP contribution is 2.14. The number of carbonyl (C=O) groups excluding carboxylic acids is 1. The Balaban J connectivity index is 2.46. The van der Waals surface area contributed by atoms with E-state index in [4.69, 9.17) is 4.74 Å². The van der Waals surface area contributed by atoms with Gasteiger partial charge in [0, 0.05) is 6.42 Å². The maximum absolute atomic E-state index is 11.0. The lowest BCUT2D eigenvalue weighted by atomic mass is 10.2. The van der Waals surface area contributed by atoms with E-state index in [2.05, 4.69) is 9.73 Å². The molecule has 12 heavy (non-hydrogen) atoms.